The summed E-state index contributed by atoms with van der Waals surface area (Å²) in [6.45, 7) is 1.17. The van der Waals surface area contributed by atoms with Gasteiger partial charge in [-0.1, -0.05) is 18.2 Å². The van der Waals surface area contributed by atoms with Gasteiger partial charge in [-0.05, 0) is 12.5 Å². The number of halogens is 1. The van der Waals surface area contributed by atoms with Gasteiger partial charge in [-0.3, -0.25) is 0 Å². The Morgan fingerprint density at radius 1 is 1.00 bits per heavy atom. The molecule has 3 heteroatoms. The SMILES string of the molecule is [Br-].c1ccc2c(c1)[nH]c1c3[n+](ccc12)CCCC3. The number of para-hydroxylation sites is 1. The average Bonchev–Trinajstić information content (AvgIpc) is 2.78. The number of hydrogen-bond acceptors (Lipinski definition) is 0. The predicted octanol–water partition coefficient (Wildman–Crippen LogP) is -0.0511. The molecule has 0 atom stereocenters. The van der Waals surface area contributed by atoms with Crippen LogP contribution >= 0.6 is 0 Å². The molecule has 1 N–H and O–H groups in total. The second-order valence-electron chi connectivity index (χ2n) is 4.87. The van der Waals surface area contributed by atoms with Gasteiger partial charge in [0.2, 0.25) is 5.69 Å². The van der Waals surface area contributed by atoms with Gasteiger partial charge in [-0.2, -0.15) is 0 Å². The number of pyridine rings is 1. The lowest BCUT2D eigenvalue weighted by molar-refractivity contribution is -0.707. The normalized spacial score (nSPS) is 14.4. The van der Waals surface area contributed by atoms with Crippen molar-refractivity contribution in [1.82, 2.24) is 4.98 Å². The lowest BCUT2D eigenvalue weighted by atomic mass is 10.1. The van der Waals surface area contributed by atoms with Crippen molar-refractivity contribution in [2.75, 3.05) is 0 Å². The number of hydrogen-bond donors (Lipinski definition) is 1. The van der Waals surface area contributed by atoms with Crippen molar-refractivity contribution in [1.29, 1.82) is 0 Å². The molecule has 2 nitrogen and oxygen atoms in total. The molecule has 3 heterocycles. The van der Waals surface area contributed by atoms with Crippen LogP contribution in [0.4, 0.5) is 0 Å². The van der Waals surface area contributed by atoms with E-state index in [0.717, 1.165) is 0 Å². The van der Waals surface area contributed by atoms with E-state index in [1.165, 1.54) is 53.3 Å². The van der Waals surface area contributed by atoms with Gasteiger partial charge in [0.15, 0.2) is 6.20 Å². The first-order chi connectivity index (χ1) is 8.43. The first kappa shape index (κ1) is 11.7. The van der Waals surface area contributed by atoms with Gasteiger partial charge in [0.1, 0.15) is 12.1 Å². The van der Waals surface area contributed by atoms with Crippen molar-refractivity contribution in [2.45, 2.75) is 25.8 Å². The van der Waals surface area contributed by atoms with Crippen LogP contribution in [0.25, 0.3) is 21.8 Å². The molecular formula is C15H15BrN2. The molecule has 92 valence electrons. The third kappa shape index (κ3) is 1.57. The number of aromatic nitrogens is 2. The second kappa shape index (κ2) is 4.39. The van der Waals surface area contributed by atoms with Crippen molar-refractivity contribution in [2.24, 2.45) is 0 Å². The Morgan fingerprint density at radius 2 is 1.89 bits per heavy atom. The summed E-state index contributed by atoms with van der Waals surface area (Å²) in [5.41, 5.74) is 4.07. The maximum absolute atomic E-state index is 3.59. The third-order valence-electron chi connectivity index (χ3n) is 3.87. The number of nitrogens with zero attached hydrogens (tertiary/aromatic N) is 1. The summed E-state index contributed by atoms with van der Waals surface area (Å²) >= 11 is 0. The molecule has 0 amide bonds. The molecule has 0 saturated carbocycles. The summed E-state index contributed by atoms with van der Waals surface area (Å²) in [6, 6.07) is 10.8. The van der Waals surface area contributed by atoms with Crippen LogP contribution < -0.4 is 21.5 Å². The van der Waals surface area contributed by atoms with E-state index in [4.69, 9.17) is 0 Å². The zero-order chi connectivity index (χ0) is 11.2. The van der Waals surface area contributed by atoms with E-state index in [9.17, 15) is 0 Å². The Morgan fingerprint density at radius 3 is 2.83 bits per heavy atom. The maximum atomic E-state index is 3.59. The summed E-state index contributed by atoms with van der Waals surface area (Å²) in [5.74, 6) is 0. The van der Waals surface area contributed by atoms with Gasteiger partial charge < -0.3 is 22.0 Å². The smallest absolute Gasteiger partial charge is 0.205 e. The van der Waals surface area contributed by atoms with E-state index in [0.29, 0.717) is 0 Å². The van der Waals surface area contributed by atoms with E-state index < -0.39 is 0 Å². The van der Waals surface area contributed by atoms with Gasteiger partial charge >= 0.3 is 0 Å². The quantitative estimate of drug-likeness (QED) is 0.562. The molecule has 2 aromatic heterocycles. The molecule has 1 aromatic carbocycles. The molecule has 1 aliphatic rings. The monoisotopic (exact) mass is 302 g/mol. The fourth-order valence-corrected chi connectivity index (χ4v) is 3.02. The van der Waals surface area contributed by atoms with Crippen LogP contribution in [-0.4, -0.2) is 4.98 Å². The number of benzene rings is 1. The summed E-state index contributed by atoms with van der Waals surface area (Å²) in [6.07, 6.45) is 6.07. The van der Waals surface area contributed by atoms with Crippen LogP contribution in [0.3, 0.4) is 0 Å². The second-order valence-corrected chi connectivity index (χ2v) is 4.87. The molecule has 18 heavy (non-hydrogen) atoms. The number of nitrogens with one attached hydrogen (secondary N) is 1. The highest BCUT2D eigenvalue weighted by molar-refractivity contribution is 6.07. The fraction of sp³-hybridized carbons (Fsp3) is 0.267. The van der Waals surface area contributed by atoms with Gasteiger partial charge in [-0.25, -0.2) is 4.57 Å². The highest BCUT2D eigenvalue weighted by Gasteiger charge is 2.21. The van der Waals surface area contributed by atoms with Crippen molar-refractivity contribution < 1.29 is 21.5 Å². The summed E-state index contributed by atoms with van der Waals surface area (Å²) in [5, 5.41) is 2.71. The van der Waals surface area contributed by atoms with Crippen LogP contribution in [0.15, 0.2) is 36.5 Å². The number of aromatic amines is 1. The summed E-state index contributed by atoms with van der Waals surface area (Å²) in [4.78, 5) is 3.59. The number of aryl methyl sites for hydroxylation is 2. The van der Waals surface area contributed by atoms with Crippen molar-refractivity contribution in [3.8, 4) is 0 Å². The Hall–Kier alpha value is -1.35. The summed E-state index contributed by atoms with van der Waals surface area (Å²) < 4.78 is 2.40. The van der Waals surface area contributed by atoms with Crippen molar-refractivity contribution in [3.63, 3.8) is 0 Å². The minimum absolute atomic E-state index is 0. The number of rotatable bonds is 0. The molecule has 0 bridgehead atoms. The Balaban J connectivity index is 0.000001000. The zero-order valence-electron chi connectivity index (χ0n) is 10.1. The van der Waals surface area contributed by atoms with E-state index in [1.807, 2.05) is 0 Å². The molecule has 0 unspecified atom stereocenters. The molecule has 0 aliphatic carbocycles. The Kier molecular flexibility index (Phi) is 2.86. The van der Waals surface area contributed by atoms with E-state index in [2.05, 4.69) is 46.1 Å². The van der Waals surface area contributed by atoms with Crippen LogP contribution in [0.1, 0.15) is 18.5 Å². The minimum atomic E-state index is 0. The molecule has 0 spiro atoms. The zero-order valence-corrected chi connectivity index (χ0v) is 11.7. The lowest BCUT2D eigenvalue weighted by Crippen LogP contribution is -3.00. The highest BCUT2D eigenvalue weighted by atomic mass is 79.9. The van der Waals surface area contributed by atoms with Gasteiger partial charge in [0, 0.05) is 35.2 Å². The first-order valence-electron chi connectivity index (χ1n) is 6.35. The average molecular weight is 303 g/mol. The van der Waals surface area contributed by atoms with Crippen molar-refractivity contribution >= 4 is 21.8 Å². The fourth-order valence-electron chi connectivity index (χ4n) is 3.02. The van der Waals surface area contributed by atoms with E-state index >= 15 is 0 Å². The summed E-state index contributed by atoms with van der Waals surface area (Å²) in [7, 11) is 0. The highest BCUT2D eigenvalue weighted by Crippen LogP contribution is 2.27. The Bertz CT molecular complexity index is 715. The lowest BCUT2D eigenvalue weighted by Gasteiger charge is -2.09. The number of fused-ring (bicyclic) bond motifs is 5. The van der Waals surface area contributed by atoms with Crippen molar-refractivity contribution in [3.05, 3.63) is 42.2 Å². The molecule has 3 aromatic rings. The van der Waals surface area contributed by atoms with Gasteiger partial charge in [0.25, 0.3) is 0 Å². The first-order valence-corrected chi connectivity index (χ1v) is 6.35. The van der Waals surface area contributed by atoms with E-state index in [-0.39, 0.29) is 17.0 Å². The molecule has 1 aliphatic heterocycles. The third-order valence-corrected chi connectivity index (χ3v) is 3.87. The standard InChI is InChI=1S/C15H14N2.BrH/c1-2-6-13-11(5-1)12-8-10-17-9-4-3-7-14(17)15(12)16-13;/h1-2,5-6,8,10H,3-4,7,9H2;1H. The van der Waals surface area contributed by atoms with Crippen LogP contribution in [0.5, 0.6) is 0 Å². The minimum Gasteiger partial charge on any atom is -1.00 e. The van der Waals surface area contributed by atoms with Gasteiger partial charge in [0.05, 0.1) is 0 Å². The molecular weight excluding hydrogens is 288 g/mol. The maximum Gasteiger partial charge on any atom is 0.205 e. The van der Waals surface area contributed by atoms with E-state index in [1.54, 1.807) is 0 Å². The topological polar surface area (TPSA) is 19.7 Å². The molecule has 4 rings (SSSR count). The number of H-pyrrole nitrogens is 1. The van der Waals surface area contributed by atoms with Crippen LogP contribution in [0.2, 0.25) is 0 Å². The predicted molar refractivity (Wildman–Crippen MR) is 68.9 cm³/mol. The molecule has 0 saturated heterocycles. The van der Waals surface area contributed by atoms with Gasteiger partial charge in [-0.15, -0.1) is 0 Å². The van der Waals surface area contributed by atoms with Crippen LogP contribution in [-0.2, 0) is 13.0 Å². The van der Waals surface area contributed by atoms with Crippen LogP contribution in [0, 0.1) is 0 Å². The molecule has 0 fully saturated rings. The molecule has 0 radical (unpaired) electrons. The Labute approximate surface area is 116 Å². The largest absolute Gasteiger partial charge is 1.00 e.